The smallest absolute Gasteiger partial charge is 0.340 e. The Kier molecular flexibility index (Phi) is 4.97. The van der Waals surface area contributed by atoms with E-state index in [9.17, 15) is 22.8 Å². The minimum absolute atomic E-state index is 0.187. The number of nitrogens with zero attached hydrogens (tertiary/aromatic N) is 2. The van der Waals surface area contributed by atoms with Crippen LogP contribution in [-0.2, 0) is 6.18 Å². The van der Waals surface area contributed by atoms with Crippen LogP contribution in [-0.4, -0.2) is 29.8 Å². The van der Waals surface area contributed by atoms with Gasteiger partial charge in [-0.3, -0.25) is 14.5 Å². The van der Waals surface area contributed by atoms with Gasteiger partial charge < -0.3 is 4.90 Å². The molecule has 0 saturated heterocycles. The molecule has 0 radical (unpaired) electrons. The van der Waals surface area contributed by atoms with E-state index in [1.54, 1.807) is 24.3 Å². The second-order valence-electron chi connectivity index (χ2n) is 7.56. The topological polar surface area (TPSA) is 40.6 Å². The summed E-state index contributed by atoms with van der Waals surface area (Å²) in [5.74, 6) is -0.667. The third-order valence-corrected chi connectivity index (χ3v) is 6.72. The molecule has 0 aliphatic carbocycles. The van der Waals surface area contributed by atoms with E-state index in [2.05, 4.69) is 0 Å². The Morgan fingerprint density at radius 2 is 1.31 bits per heavy atom. The molecule has 2 aliphatic heterocycles. The van der Waals surface area contributed by atoms with Crippen molar-refractivity contribution in [3.63, 3.8) is 0 Å². The highest BCUT2D eigenvalue weighted by Gasteiger charge is 2.36. The van der Waals surface area contributed by atoms with Crippen LogP contribution < -0.4 is 4.90 Å². The third kappa shape index (κ3) is 3.44. The molecular weight excluding hydrogens is 437 g/mol. The van der Waals surface area contributed by atoms with E-state index >= 15 is 0 Å². The minimum atomic E-state index is -4.44. The second kappa shape index (κ2) is 7.70. The molecule has 0 atom stereocenters. The van der Waals surface area contributed by atoms with E-state index in [1.165, 1.54) is 28.8 Å². The summed E-state index contributed by atoms with van der Waals surface area (Å²) in [5, 5.41) is 0. The number of anilines is 2. The molecule has 2 amide bonds. The fraction of sp³-hybridized carbons (Fsp3) is 0.167. The standard InChI is InChI=1S/C24H17F3N2O2S/c25-24(26,27)15-10-11-21-19(14-15)28(18-8-3-4-9-20(18)32-21)12-5-13-29-22(30)16-6-1-2-7-17(16)23(29)31/h1-4,6-11,14H,5,12-13H2. The Balaban J connectivity index is 1.40. The van der Waals surface area contributed by atoms with Gasteiger partial charge in [-0.15, -0.1) is 0 Å². The molecule has 5 rings (SSSR count). The summed E-state index contributed by atoms with van der Waals surface area (Å²) < 4.78 is 40.0. The van der Waals surface area contributed by atoms with Gasteiger partial charge in [0.1, 0.15) is 0 Å². The first-order chi connectivity index (χ1) is 15.3. The Hall–Kier alpha value is -3.26. The predicted molar refractivity (Wildman–Crippen MR) is 115 cm³/mol. The zero-order chi connectivity index (χ0) is 22.5. The molecule has 0 aromatic heterocycles. The van der Waals surface area contributed by atoms with Crippen molar-refractivity contribution in [1.29, 1.82) is 0 Å². The summed E-state index contributed by atoms with van der Waals surface area (Å²) in [6, 6.07) is 18.0. The Labute approximate surface area is 186 Å². The van der Waals surface area contributed by atoms with Crippen molar-refractivity contribution in [3.8, 4) is 0 Å². The molecule has 2 heterocycles. The van der Waals surface area contributed by atoms with Gasteiger partial charge in [0.15, 0.2) is 0 Å². The number of halogens is 3. The maximum atomic E-state index is 13.3. The van der Waals surface area contributed by atoms with Crippen LogP contribution in [0.3, 0.4) is 0 Å². The highest BCUT2D eigenvalue weighted by molar-refractivity contribution is 7.99. The molecule has 0 unspecified atom stereocenters. The molecule has 162 valence electrons. The molecule has 0 N–H and O–H groups in total. The average Bonchev–Trinajstić information content (AvgIpc) is 3.02. The van der Waals surface area contributed by atoms with Crippen LogP contribution in [0.1, 0.15) is 32.7 Å². The van der Waals surface area contributed by atoms with Gasteiger partial charge in [0.05, 0.1) is 28.1 Å². The molecule has 0 fully saturated rings. The van der Waals surface area contributed by atoms with Crippen LogP contribution in [0.5, 0.6) is 0 Å². The maximum Gasteiger partial charge on any atom is 0.416 e. The summed E-state index contributed by atoms with van der Waals surface area (Å²) in [6.07, 6.45) is -4.03. The van der Waals surface area contributed by atoms with E-state index in [0.717, 1.165) is 21.5 Å². The average molecular weight is 454 g/mol. The number of alkyl halides is 3. The number of hydrogen-bond donors (Lipinski definition) is 0. The van der Waals surface area contributed by atoms with E-state index in [1.807, 2.05) is 29.2 Å². The molecule has 3 aromatic carbocycles. The van der Waals surface area contributed by atoms with Crippen LogP contribution in [0, 0.1) is 0 Å². The number of para-hydroxylation sites is 1. The Morgan fingerprint density at radius 1 is 0.719 bits per heavy atom. The van der Waals surface area contributed by atoms with E-state index < -0.39 is 11.7 Å². The summed E-state index contributed by atoms with van der Waals surface area (Å²) >= 11 is 1.43. The lowest BCUT2D eigenvalue weighted by Gasteiger charge is -2.33. The van der Waals surface area contributed by atoms with Gasteiger partial charge >= 0.3 is 6.18 Å². The highest BCUT2D eigenvalue weighted by atomic mass is 32.2. The first kappa shape index (κ1) is 20.6. The first-order valence-electron chi connectivity index (χ1n) is 10.1. The van der Waals surface area contributed by atoms with Gasteiger partial charge in [0.2, 0.25) is 0 Å². The van der Waals surface area contributed by atoms with Gasteiger partial charge in [0, 0.05) is 22.9 Å². The summed E-state index contributed by atoms with van der Waals surface area (Å²) in [6.45, 7) is 0.547. The fourth-order valence-electron chi connectivity index (χ4n) is 4.08. The Bertz CT molecular complexity index is 1210. The lowest BCUT2D eigenvalue weighted by atomic mass is 10.1. The number of benzene rings is 3. The molecular formula is C24H17F3N2O2S. The van der Waals surface area contributed by atoms with Crippen LogP contribution >= 0.6 is 11.8 Å². The van der Waals surface area contributed by atoms with E-state index in [-0.39, 0.29) is 18.4 Å². The van der Waals surface area contributed by atoms with Gasteiger partial charge in [0.25, 0.3) is 11.8 Å². The zero-order valence-electron chi connectivity index (χ0n) is 16.7. The number of hydrogen-bond acceptors (Lipinski definition) is 4. The van der Waals surface area contributed by atoms with Crippen molar-refractivity contribution in [1.82, 2.24) is 4.90 Å². The third-order valence-electron chi connectivity index (χ3n) is 5.59. The van der Waals surface area contributed by atoms with Gasteiger partial charge in [-0.25, -0.2) is 0 Å². The summed E-state index contributed by atoms with van der Waals surface area (Å²) in [5.41, 5.74) is 1.36. The van der Waals surface area contributed by atoms with Crippen LogP contribution in [0.4, 0.5) is 24.5 Å². The van der Waals surface area contributed by atoms with Crippen molar-refractivity contribution in [2.24, 2.45) is 0 Å². The van der Waals surface area contributed by atoms with Gasteiger partial charge in [-0.05, 0) is 48.9 Å². The number of carbonyl (C=O) groups is 2. The number of rotatable bonds is 4. The highest BCUT2D eigenvalue weighted by Crippen LogP contribution is 2.49. The van der Waals surface area contributed by atoms with Gasteiger partial charge in [-0.2, -0.15) is 13.2 Å². The van der Waals surface area contributed by atoms with Crippen LogP contribution in [0.25, 0.3) is 0 Å². The number of carbonyl (C=O) groups excluding carboxylic acids is 2. The fourth-order valence-corrected chi connectivity index (χ4v) is 5.15. The predicted octanol–water partition coefficient (Wildman–Crippen LogP) is 5.99. The van der Waals surface area contributed by atoms with Crippen molar-refractivity contribution in [2.45, 2.75) is 22.4 Å². The van der Waals surface area contributed by atoms with E-state index in [0.29, 0.717) is 29.8 Å². The molecule has 2 aliphatic rings. The number of imide groups is 1. The molecule has 4 nitrogen and oxygen atoms in total. The monoisotopic (exact) mass is 454 g/mol. The van der Waals surface area contributed by atoms with Crippen molar-refractivity contribution in [3.05, 3.63) is 83.4 Å². The normalized spacial score (nSPS) is 15.0. The Morgan fingerprint density at radius 3 is 2.00 bits per heavy atom. The summed E-state index contributed by atoms with van der Waals surface area (Å²) in [7, 11) is 0. The van der Waals surface area contributed by atoms with Crippen molar-refractivity contribution in [2.75, 3.05) is 18.0 Å². The quantitative estimate of drug-likeness (QED) is 0.454. The second-order valence-corrected chi connectivity index (χ2v) is 8.65. The van der Waals surface area contributed by atoms with Crippen molar-refractivity contribution >= 4 is 35.0 Å². The molecule has 0 saturated carbocycles. The number of amides is 2. The van der Waals surface area contributed by atoms with Gasteiger partial charge in [-0.1, -0.05) is 36.0 Å². The molecule has 3 aromatic rings. The minimum Gasteiger partial charge on any atom is -0.340 e. The lowest BCUT2D eigenvalue weighted by molar-refractivity contribution is -0.137. The maximum absolute atomic E-state index is 13.3. The molecule has 0 bridgehead atoms. The molecule has 0 spiro atoms. The SMILES string of the molecule is O=C1c2ccccc2C(=O)N1CCCN1c2ccccc2Sc2ccc(C(F)(F)F)cc21. The molecule has 8 heteroatoms. The number of fused-ring (bicyclic) bond motifs is 3. The van der Waals surface area contributed by atoms with Crippen LogP contribution in [0.2, 0.25) is 0 Å². The lowest BCUT2D eigenvalue weighted by Crippen LogP contribution is -2.33. The van der Waals surface area contributed by atoms with E-state index in [4.69, 9.17) is 0 Å². The van der Waals surface area contributed by atoms with Crippen LogP contribution in [0.15, 0.2) is 76.5 Å². The zero-order valence-corrected chi connectivity index (χ0v) is 17.5. The first-order valence-corrected chi connectivity index (χ1v) is 10.9. The molecule has 32 heavy (non-hydrogen) atoms. The largest absolute Gasteiger partial charge is 0.416 e. The van der Waals surface area contributed by atoms with Crippen molar-refractivity contribution < 1.29 is 22.8 Å². The summed E-state index contributed by atoms with van der Waals surface area (Å²) in [4.78, 5) is 29.9.